The third kappa shape index (κ3) is 3.69. The van der Waals surface area contributed by atoms with Crippen LogP contribution in [-0.4, -0.2) is 36.0 Å². The molecule has 3 aromatic rings. The Kier molecular flexibility index (Phi) is 4.77. The van der Waals surface area contributed by atoms with Crippen LogP contribution in [0.4, 0.5) is 11.6 Å². The quantitative estimate of drug-likeness (QED) is 0.673. The fraction of sp³-hybridized carbons (Fsp3) is 0.318. The van der Waals surface area contributed by atoms with Crippen LogP contribution in [0.25, 0.3) is 0 Å². The minimum Gasteiger partial charge on any atom is -0.340 e. The van der Waals surface area contributed by atoms with Crippen molar-refractivity contribution in [1.82, 2.24) is 14.5 Å². The van der Waals surface area contributed by atoms with Gasteiger partial charge in [0.1, 0.15) is 5.69 Å². The molecule has 160 valence electrons. The lowest BCUT2D eigenvalue weighted by molar-refractivity contribution is 0.280. The summed E-state index contributed by atoms with van der Waals surface area (Å²) in [5.41, 5.74) is 1.68. The van der Waals surface area contributed by atoms with Gasteiger partial charge in [-0.05, 0) is 49.6 Å². The van der Waals surface area contributed by atoms with E-state index in [0.29, 0.717) is 12.5 Å². The van der Waals surface area contributed by atoms with Crippen LogP contribution in [0.5, 0.6) is 0 Å². The second-order valence-electron chi connectivity index (χ2n) is 8.26. The lowest BCUT2D eigenvalue weighted by Crippen LogP contribution is -2.48. The molecule has 8 nitrogen and oxygen atoms in total. The number of nitrogens with zero attached hydrogens (tertiary/aromatic N) is 4. The van der Waals surface area contributed by atoms with Gasteiger partial charge in [0.25, 0.3) is 15.6 Å². The molecule has 0 spiro atoms. The monoisotopic (exact) mass is 437 g/mol. The van der Waals surface area contributed by atoms with Crippen LogP contribution in [0.15, 0.2) is 64.5 Å². The van der Waals surface area contributed by atoms with Gasteiger partial charge in [0, 0.05) is 43.6 Å². The zero-order chi connectivity index (χ0) is 21.6. The Morgan fingerprint density at radius 1 is 1.00 bits per heavy atom. The normalized spacial score (nSPS) is 20.2. The van der Waals surface area contributed by atoms with E-state index in [1.54, 1.807) is 53.4 Å². The number of sulfonamides is 1. The molecule has 1 fully saturated rings. The van der Waals surface area contributed by atoms with E-state index in [9.17, 15) is 13.2 Å². The largest absolute Gasteiger partial charge is 0.340 e. The molecular formula is C22H23N5O3S. The van der Waals surface area contributed by atoms with Gasteiger partial charge in [-0.1, -0.05) is 17.7 Å². The van der Waals surface area contributed by atoms with Gasteiger partial charge in [-0.3, -0.25) is 9.52 Å². The summed E-state index contributed by atoms with van der Waals surface area (Å²) < 4.78 is 29.7. The van der Waals surface area contributed by atoms with Crippen LogP contribution in [0, 0.1) is 12.8 Å². The number of benzene rings is 1. The maximum Gasteiger partial charge on any atom is 0.275 e. The highest BCUT2D eigenvalue weighted by Gasteiger charge is 2.36. The number of anilines is 2. The molecule has 1 aromatic carbocycles. The lowest BCUT2D eigenvalue weighted by Gasteiger charge is -2.42. The van der Waals surface area contributed by atoms with E-state index in [1.165, 1.54) is 0 Å². The molecule has 4 heterocycles. The first-order valence-corrected chi connectivity index (χ1v) is 11.7. The third-order valence-corrected chi connectivity index (χ3v) is 7.40. The van der Waals surface area contributed by atoms with Gasteiger partial charge in [0.2, 0.25) is 5.95 Å². The van der Waals surface area contributed by atoms with Crippen molar-refractivity contribution >= 4 is 21.7 Å². The highest BCUT2D eigenvalue weighted by atomic mass is 32.2. The van der Waals surface area contributed by atoms with Crippen molar-refractivity contribution in [2.75, 3.05) is 22.7 Å². The van der Waals surface area contributed by atoms with Crippen molar-refractivity contribution in [3.63, 3.8) is 0 Å². The topological polar surface area (TPSA) is 97.2 Å². The number of rotatable bonds is 4. The van der Waals surface area contributed by atoms with Gasteiger partial charge >= 0.3 is 0 Å². The van der Waals surface area contributed by atoms with Crippen molar-refractivity contribution in [1.29, 1.82) is 0 Å². The van der Waals surface area contributed by atoms with Crippen molar-refractivity contribution in [2.45, 2.75) is 30.7 Å². The molecule has 2 bridgehead atoms. The van der Waals surface area contributed by atoms with Crippen LogP contribution >= 0.6 is 0 Å². The highest BCUT2D eigenvalue weighted by molar-refractivity contribution is 7.92. The fourth-order valence-corrected chi connectivity index (χ4v) is 5.62. The number of nitrogens with one attached hydrogen (secondary N) is 1. The van der Waals surface area contributed by atoms with E-state index in [-0.39, 0.29) is 28.0 Å². The van der Waals surface area contributed by atoms with Crippen LogP contribution in [0.2, 0.25) is 0 Å². The number of pyridine rings is 1. The van der Waals surface area contributed by atoms with Gasteiger partial charge in [-0.2, -0.15) is 0 Å². The maximum absolute atomic E-state index is 13.2. The average Bonchev–Trinajstić information content (AvgIpc) is 2.77. The maximum atomic E-state index is 13.2. The van der Waals surface area contributed by atoms with E-state index in [0.717, 1.165) is 30.8 Å². The Labute approximate surface area is 180 Å². The average molecular weight is 438 g/mol. The minimum absolute atomic E-state index is 0.0764. The first kappa shape index (κ1) is 19.7. The summed E-state index contributed by atoms with van der Waals surface area (Å²) in [6.07, 6.45) is 4.46. The molecule has 31 heavy (non-hydrogen) atoms. The Morgan fingerprint density at radius 2 is 1.74 bits per heavy atom. The molecule has 2 atom stereocenters. The molecule has 2 aromatic heterocycles. The standard InChI is InChI=1S/C22H23N5O3S/c1-15-3-5-18(6-4-15)31(29,30)25-19-7-8-20-17-11-16(13-27(20)21(19)28)12-26(14-17)22-23-9-2-10-24-22/h2-10,16-17,25H,11-14H2,1H3. The summed E-state index contributed by atoms with van der Waals surface area (Å²) in [7, 11) is -3.83. The van der Waals surface area contributed by atoms with Gasteiger partial charge in [-0.25, -0.2) is 18.4 Å². The van der Waals surface area contributed by atoms with Gasteiger partial charge in [-0.15, -0.1) is 0 Å². The molecule has 5 rings (SSSR count). The van der Waals surface area contributed by atoms with E-state index in [2.05, 4.69) is 19.6 Å². The first-order valence-electron chi connectivity index (χ1n) is 10.3. The van der Waals surface area contributed by atoms with E-state index in [4.69, 9.17) is 0 Å². The van der Waals surface area contributed by atoms with Crippen LogP contribution < -0.4 is 15.2 Å². The summed E-state index contributed by atoms with van der Waals surface area (Å²) >= 11 is 0. The lowest BCUT2D eigenvalue weighted by atomic mass is 9.83. The Balaban J connectivity index is 1.44. The van der Waals surface area contributed by atoms with E-state index >= 15 is 0 Å². The summed E-state index contributed by atoms with van der Waals surface area (Å²) in [4.78, 5) is 24.2. The molecular weight excluding hydrogens is 414 g/mol. The number of piperidine rings is 1. The van der Waals surface area contributed by atoms with Crippen LogP contribution in [-0.2, 0) is 16.6 Å². The number of fused-ring (bicyclic) bond motifs is 4. The molecule has 0 radical (unpaired) electrons. The van der Waals surface area contributed by atoms with Crippen LogP contribution in [0.3, 0.4) is 0 Å². The smallest absolute Gasteiger partial charge is 0.275 e. The zero-order valence-electron chi connectivity index (χ0n) is 17.1. The zero-order valence-corrected chi connectivity index (χ0v) is 17.9. The summed E-state index contributed by atoms with van der Waals surface area (Å²) in [5, 5.41) is 0. The number of aryl methyl sites for hydroxylation is 1. The highest BCUT2D eigenvalue weighted by Crippen LogP contribution is 2.36. The molecule has 0 saturated carbocycles. The number of aromatic nitrogens is 3. The van der Waals surface area contributed by atoms with Crippen molar-refractivity contribution < 1.29 is 8.42 Å². The summed E-state index contributed by atoms with van der Waals surface area (Å²) in [6, 6.07) is 11.8. The van der Waals surface area contributed by atoms with Gasteiger partial charge in [0.05, 0.1) is 4.90 Å². The minimum atomic E-state index is -3.83. The first-order chi connectivity index (χ1) is 14.9. The Morgan fingerprint density at radius 3 is 2.48 bits per heavy atom. The SMILES string of the molecule is Cc1ccc(S(=O)(=O)Nc2ccc3n(c2=O)CC2CC3CN(c3ncccn3)C2)cc1. The van der Waals surface area contributed by atoms with Crippen LogP contribution in [0.1, 0.15) is 23.6 Å². The van der Waals surface area contributed by atoms with E-state index in [1.807, 2.05) is 13.0 Å². The summed E-state index contributed by atoms with van der Waals surface area (Å²) in [6.45, 7) is 3.94. The Bertz CT molecular complexity index is 1270. The molecule has 2 unspecified atom stereocenters. The van der Waals surface area contributed by atoms with Gasteiger partial charge in [0.15, 0.2) is 0 Å². The molecule has 1 N–H and O–H groups in total. The van der Waals surface area contributed by atoms with Crippen molar-refractivity contribution in [3.8, 4) is 0 Å². The fourth-order valence-electron chi connectivity index (χ4n) is 4.56. The summed E-state index contributed by atoms with van der Waals surface area (Å²) in [5.74, 6) is 1.15. The molecule has 2 aliphatic rings. The predicted molar refractivity (Wildman–Crippen MR) is 118 cm³/mol. The van der Waals surface area contributed by atoms with Crippen molar-refractivity contribution in [2.24, 2.45) is 5.92 Å². The molecule has 2 aliphatic heterocycles. The molecule has 0 aliphatic carbocycles. The third-order valence-electron chi connectivity index (χ3n) is 6.01. The number of hydrogen-bond donors (Lipinski definition) is 1. The number of hydrogen-bond acceptors (Lipinski definition) is 6. The predicted octanol–water partition coefficient (Wildman–Crippen LogP) is 2.37. The molecule has 1 saturated heterocycles. The second-order valence-corrected chi connectivity index (χ2v) is 9.94. The Hall–Kier alpha value is -3.20. The van der Waals surface area contributed by atoms with Gasteiger partial charge < -0.3 is 9.47 Å². The van der Waals surface area contributed by atoms with Crippen molar-refractivity contribution in [3.05, 3.63) is 76.5 Å². The molecule has 9 heteroatoms. The molecule has 0 amide bonds. The second kappa shape index (κ2) is 7.49. The van der Waals surface area contributed by atoms with E-state index < -0.39 is 10.0 Å².